The molecule has 180 valence electrons. The van der Waals surface area contributed by atoms with Crippen LogP contribution in [0.3, 0.4) is 0 Å². The summed E-state index contributed by atoms with van der Waals surface area (Å²) in [6.45, 7) is 4.78. The lowest BCUT2D eigenvalue weighted by Gasteiger charge is -2.30. The van der Waals surface area contributed by atoms with Crippen LogP contribution in [0.1, 0.15) is 43.5 Å². The molecule has 34 heavy (non-hydrogen) atoms. The zero-order chi connectivity index (χ0) is 24.9. The highest BCUT2D eigenvalue weighted by molar-refractivity contribution is 6.30. The smallest absolute Gasteiger partial charge is 0.433 e. The van der Waals surface area contributed by atoms with Gasteiger partial charge in [-0.3, -0.25) is 4.79 Å². The van der Waals surface area contributed by atoms with E-state index in [0.717, 1.165) is 23.4 Å². The van der Waals surface area contributed by atoms with E-state index in [1.807, 2.05) is 61.5 Å². The number of halogens is 4. The molecular weight excluding hydrogens is 467 g/mol. The number of nitrogens with one attached hydrogen (secondary N) is 1. The Kier molecular flexibility index (Phi) is 7.82. The first-order valence-corrected chi connectivity index (χ1v) is 11.0. The number of hydrogen-bond donors (Lipinski definition) is 1. The van der Waals surface area contributed by atoms with Crippen molar-refractivity contribution in [2.45, 2.75) is 50.9 Å². The van der Waals surface area contributed by atoms with Crippen LogP contribution in [0.4, 0.5) is 13.2 Å². The van der Waals surface area contributed by atoms with Crippen LogP contribution >= 0.6 is 11.6 Å². The first-order chi connectivity index (χ1) is 16.0. The van der Waals surface area contributed by atoms with Crippen LogP contribution in [0.15, 0.2) is 66.9 Å². The Bertz CT molecular complexity index is 1110. The van der Waals surface area contributed by atoms with Gasteiger partial charge in [0.15, 0.2) is 11.3 Å². The summed E-state index contributed by atoms with van der Waals surface area (Å²) in [7, 11) is 0. The minimum absolute atomic E-state index is 0.0769. The fourth-order valence-corrected chi connectivity index (χ4v) is 3.59. The van der Waals surface area contributed by atoms with Crippen LogP contribution in [-0.2, 0) is 17.4 Å². The number of aromatic nitrogens is 2. The van der Waals surface area contributed by atoms with Crippen LogP contribution in [-0.4, -0.2) is 27.5 Å². The van der Waals surface area contributed by atoms with Gasteiger partial charge in [0.05, 0.1) is 0 Å². The van der Waals surface area contributed by atoms with Crippen LogP contribution < -0.4 is 10.1 Å². The minimum Gasteiger partial charge on any atom is -0.447 e. The van der Waals surface area contributed by atoms with Gasteiger partial charge in [-0.25, -0.2) is 4.98 Å². The monoisotopic (exact) mass is 491 g/mol. The quantitative estimate of drug-likeness (QED) is 0.430. The Labute approximate surface area is 201 Å². The van der Waals surface area contributed by atoms with Crippen molar-refractivity contribution in [2.24, 2.45) is 0 Å². The molecule has 2 aromatic carbocycles. The van der Waals surface area contributed by atoms with Crippen molar-refractivity contribution in [3.8, 4) is 6.01 Å². The first kappa shape index (κ1) is 25.5. The van der Waals surface area contributed by atoms with Gasteiger partial charge in [-0.2, -0.15) is 18.2 Å². The summed E-state index contributed by atoms with van der Waals surface area (Å²) >= 11 is 6.00. The molecule has 5 nitrogen and oxygen atoms in total. The summed E-state index contributed by atoms with van der Waals surface area (Å²) < 4.78 is 44.3. The number of amides is 1. The summed E-state index contributed by atoms with van der Waals surface area (Å²) in [5.41, 5.74) is -0.577. The molecule has 0 aliphatic carbocycles. The van der Waals surface area contributed by atoms with Crippen LogP contribution in [0, 0.1) is 0 Å². The molecule has 0 aliphatic rings. The third-order valence-electron chi connectivity index (χ3n) is 5.38. The molecule has 1 heterocycles. The van der Waals surface area contributed by atoms with Crippen LogP contribution in [0.2, 0.25) is 5.02 Å². The number of carbonyl (C=O) groups is 1. The fourth-order valence-electron chi connectivity index (χ4n) is 3.46. The number of rotatable bonds is 8. The van der Waals surface area contributed by atoms with E-state index in [1.165, 1.54) is 13.8 Å². The lowest BCUT2D eigenvalue weighted by Crippen LogP contribution is -2.51. The summed E-state index contributed by atoms with van der Waals surface area (Å²) in [5, 5.41) is 3.58. The van der Waals surface area contributed by atoms with Gasteiger partial charge in [0, 0.05) is 23.2 Å². The first-order valence-electron chi connectivity index (χ1n) is 10.7. The summed E-state index contributed by atoms with van der Waals surface area (Å²) in [6.07, 6.45) is -3.06. The van der Waals surface area contributed by atoms with Gasteiger partial charge in [-0.1, -0.05) is 54.1 Å². The van der Waals surface area contributed by atoms with E-state index in [0.29, 0.717) is 11.4 Å². The summed E-state index contributed by atoms with van der Waals surface area (Å²) in [5.74, 6) is -0.579. The van der Waals surface area contributed by atoms with Crippen molar-refractivity contribution in [1.29, 1.82) is 0 Å². The number of carbonyl (C=O) groups excluding carboxylic acids is 1. The van der Waals surface area contributed by atoms with Crippen LogP contribution in [0.5, 0.6) is 6.01 Å². The predicted molar refractivity (Wildman–Crippen MR) is 124 cm³/mol. The Balaban J connectivity index is 1.76. The Morgan fingerprint density at radius 2 is 1.71 bits per heavy atom. The molecule has 3 aromatic rings. The molecule has 0 spiro atoms. The number of alkyl halides is 3. The molecule has 1 unspecified atom stereocenters. The lowest BCUT2D eigenvalue weighted by atomic mass is 9.86. The van der Waals surface area contributed by atoms with Crippen molar-refractivity contribution in [3.05, 3.63) is 88.7 Å². The zero-order valence-corrected chi connectivity index (χ0v) is 19.7. The van der Waals surface area contributed by atoms with E-state index < -0.39 is 29.4 Å². The molecule has 1 aromatic heterocycles. The molecular formula is C25H25ClF3N3O2. The SMILES string of the molecule is CC(NC(=O)C(C)(C)Oc1nccc(C(F)(F)F)n1)[C@@H](Cc1ccc(Cl)cc1)c1ccccc1. The Morgan fingerprint density at radius 1 is 1.06 bits per heavy atom. The zero-order valence-electron chi connectivity index (χ0n) is 18.9. The molecule has 0 aliphatic heterocycles. The highest BCUT2D eigenvalue weighted by Crippen LogP contribution is 2.29. The van der Waals surface area contributed by atoms with E-state index in [2.05, 4.69) is 15.3 Å². The average molecular weight is 492 g/mol. The second-order valence-corrected chi connectivity index (χ2v) is 8.88. The molecule has 0 saturated carbocycles. The second kappa shape index (κ2) is 10.4. The van der Waals surface area contributed by atoms with E-state index in [4.69, 9.17) is 16.3 Å². The van der Waals surface area contributed by atoms with Crippen molar-refractivity contribution >= 4 is 17.5 Å². The molecule has 0 fully saturated rings. The fraction of sp³-hybridized carbons (Fsp3) is 0.320. The van der Waals surface area contributed by atoms with E-state index in [-0.39, 0.29) is 12.0 Å². The normalized spacial score (nSPS) is 13.7. The number of nitrogens with zero attached hydrogens (tertiary/aromatic N) is 2. The average Bonchev–Trinajstić information content (AvgIpc) is 2.78. The van der Waals surface area contributed by atoms with E-state index >= 15 is 0 Å². The lowest BCUT2D eigenvalue weighted by molar-refractivity contribution is -0.142. The number of ether oxygens (including phenoxy) is 1. The van der Waals surface area contributed by atoms with Gasteiger partial charge in [0.2, 0.25) is 0 Å². The molecule has 0 bridgehead atoms. The number of hydrogen-bond acceptors (Lipinski definition) is 4. The third kappa shape index (κ3) is 6.70. The number of benzene rings is 2. The van der Waals surface area contributed by atoms with Crippen molar-refractivity contribution < 1.29 is 22.7 Å². The van der Waals surface area contributed by atoms with Gasteiger partial charge in [-0.05, 0) is 56.5 Å². The second-order valence-electron chi connectivity index (χ2n) is 8.44. The van der Waals surface area contributed by atoms with Gasteiger partial charge < -0.3 is 10.1 Å². The van der Waals surface area contributed by atoms with Crippen molar-refractivity contribution in [2.75, 3.05) is 0 Å². The molecule has 1 N–H and O–H groups in total. The molecule has 2 atom stereocenters. The predicted octanol–water partition coefficient (Wildman–Crippen LogP) is 5.84. The van der Waals surface area contributed by atoms with Gasteiger partial charge in [0.25, 0.3) is 5.91 Å². The summed E-state index contributed by atoms with van der Waals surface area (Å²) in [6, 6.07) is 17.1. The maximum atomic E-state index is 13.1. The van der Waals surface area contributed by atoms with E-state index in [9.17, 15) is 18.0 Å². The highest BCUT2D eigenvalue weighted by Gasteiger charge is 2.36. The Hall–Kier alpha value is -3.13. The largest absolute Gasteiger partial charge is 0.447 e. The van der Waals surface area contributed by atoms with Gasteiger partial charge in [-0.15, -0.1) is 0 Å². The third-order valence-corrected chi connectivity index (χ3v) is 5.63. The highest BCUT2D eigenvalue weighted by atomic mass is 35.5. The molecule has 0 radical (unpaired) electrons. The topological polar surface area (TPSA) is 64.1 Å². The van der Waals surface area contributed by atoms with Crippen molar-refractivity contribution in [1.82, 2.24) is 15.3 Å². The summed E-state index contributed by atoms with van der Waals surface area (Å²) in [4.78, 5) is 20.2. The van der Waals surface area contributed by atoms with Crippen LogP contribution in [0.25, 0.3) is 0 Å². The molecule has 0 saturated heterocycles. The molecule has 9 heteroatoms. The van der Waals surface area contributed by atoms with Gasteiger partial charge >= 0.3 is 12.2 Å². The maximum Gasteiger partial charge on any atom is 0.433 e. The standard InChI is InChI=1S/C25H25ClF3N3O2/c1-16(20(18-7-5-4-6-8-18)15-17-9-11-19(26)12-10-17)31-22(33)24(2,3)34-23-30-14-13-21(32-23)25(27,28)29/h4-14,16,20H,15H2,1-3H3,(H,31,33)/t16?,20-/m1/s1. The molecule has 1 amide bonds. The maximum absolute atomic E-state index is 13.1. The Morgan fingerprint density at radius 3 is 2.32 bits per heavy atom. The minimum atomic E-state index is -4.65. The molecule has 3 rings (SSSR count). The van der Waals surface area contributed by atoms with E-state index in [1.54, 1.807) is 0 Å². The van der Waals surface area contributed by atoms with Gasteiger partial charge in [0.1, 0.15) is 0 Å². The van der Waals surface area contributed by atoms with Crippen molar-refractivity contribution in [3.63, 3.8) is 0 Å².